The van der Waals surface area contributed by atoms with E-state index in [9.17, 15) is 0 Å². The third-order valence-corrected chi connectivity index (χ3v) is 23.3. The summed E-state index contributed by atoms with van der Waals surface area (Å²) in [5, 5.41) is 0. The van der Waals surface area contributed by atoms with Crippen LogP contribution in [-0.2, 0) is 27.1 Å². The SMILES string of the molecule is C=Cc1ccc(Oc2ccc(C3(c4ccc(F)cc4)c4ccccc4-c4ccc(/C(=C\c5ccc6c(c5)C5(CC6(C)C)CC(C)(C)c6ccc(N(c7cc(F)cc(F)c7)c7ccc8c(c7)C(c7ccc(F)cc7)(c7ccc(Oc9ccc(C=C)cc9)cc7)c7ccccc7-8)cc65)c5cc(F)cc(F)c5)cc43)cc2)cc1. The van der Waals surface area contributed by atoms with Crippen molar-refractivity contribution < 1.29 is 35.8 Å². The number of halogens is 6. The Morgan fingerprint density at radius 3 is 1.15 bits per heavy atom. The summed E-state index contributed by atoms with van der Waals surface area (Å²) < 4.78 is 108. The Kier molecular flexibility index (Phi) is 16.5. The van der Waals surface area contributed by atoms with E-state index in [2.05, 4.69) is 150 Å². The van der Waals surface area contributed by atoms with Gasteiger partial charge >= 0.3 is 0 Å². The van der Waals surface area contributed by atoms with Crippen LogP contribution in [0.25, 0.3) is 46.1 Å². The van der Waals surface area contributed by atoms with Crippen molar-refractivity contribution >= 4 is 40.9 Å². The lowest BCUT2D eigenvalue weighted by Gasteiger charge is -2.35. The van der Waals surface area contributed by atoms with E-state index in [1.54, 1.807) is 12.2 Å². The summed E-state index contributed by atoms with van der Waals surface area (Å²) in [7, 11) is 0. The second-order valence-electron chi connectivity index (χ2n) is 30.8. The summed E-state index contributed by atoms with van der Waals surface area (Å²) in [5.74, 6) is -1.17. The van der Waals surface area contributed by atoms with Crippen molar-refractivity contribution in [3.63, 3.8) is 0 Å². The average Bonchev–Trinajstić information content (AvgIpc) is 1.54. The number of benzene rings is 14. The third-order valence-electron chi connectivity index (χ3n) is 23.3. The average molecular weight is 1450 g/mol. The van der Waals surface area contributed by atoms with Crippen molar-refractivity contribution in [3.8, 4) is 45.3 Å². The van der Waals surface area contributed by atoms with Crippen LogP contribution in [0.2, 0.25) is 0 Å². The molecule has 3 unspecified atom stereocenters. The maximum Gasteiger partial charge on any atom is 0.128 e. The van der Waals surface area contributed by atoms with Crippen molar-refractivity contribution in [1.29, 1.82) is 0 Å². The molecule has 0 saturated heterocycles. The minimum absolute atomic E-state index is 0.264. The molecule has 1 spiro atoms. The van der Waals surface area contributed by atoms with Crippen LogP contribution in [0.5, 0.6) is 23.0 Å². The number of ether oxygens (including phenoxy) is 2. The van der Waals surface area contributed by atoms with Crippen molar-refractivity contribution in [2.45, 2.75) is 67.6 Å². The van der Waals surface area contributed by atoms with Crippen LogP contribution in [0.3, 0.4) is 0 Å². The Hall–Kier alpha value is -12.7. The van der Waals surface area contributed by atoms with Crippen molar-refractivity contribution in [1.82, 2.24) is 0 Å². The summed E-state index contributed by atoms with van der Waals surface area (Å²) in [4.78, 5) is 1.94. The maximum atomic E-state index is 16.2. The molecule has 0 saturated carbocycles. The van der Waals surface area contributed by atoms with E-state index < -0.39 is 39.5 Å². The van der Waals surface area contributed by atoms with Gasteiger partial charge in [0.15, 0.2) is 0 Å². The summed E-state index contributed by atoms with van der Waals surface area (Å²) >= 11 is 0. The van der Waals surface area contributed by atoms with Crippen LogP contribution in [-0.4, -0.2) is 0 Å². The van der Waals surface area contributed by atoms with Crippen LogP contribution in [0.15, 0.2) is 316 Å². The number of anilines is 3. The first kappa shape index (κ1) is 69.0. The van der Waals surface area contributed by atoms with Gasteiger partial charge in [0, 0.05) is 28.9 Å². The lowest BCUT2D eigenvalue weighted by Crippen LogP contribution is -2.29. The second-order valence-corrected chi connectivity index (χ2v) is 30.8. The van der Waals surface area contributed by atoms with Gasteiger partial charge in [-0.05, 0) is 280 Å². The lowest BCUT2D eigenvalue weighted by atomic mass is 9.67. The molecule has 9 heteroatoms. The fourth-order valence-electron chi connectivity index (χ4n) is 18.9. The maximum absolute atomic E-state index is 16.2. The summed E-state index contributed by atoms with van der Waals surface area (Å²) in [6.07, 6.45) is 7.03. The smallest absolute Gasteiger partial charge is 0.128 e. The molecule has 0 amide bonds. The molecule has 3 atom stereocenters. The highest BCUT2D eigenvalue weighted by molar-refractivity contribution is 5.96. The van der Waals surface area contributed by atoms with Gasteiger partial charge in [-0.25, -0.2) is 26.3 Å². The quantitative estimate of drug-likeness (QED) is 0.0711. The van der Waals surface area contributed by atoms with E-state index >= 15 is 26.3 Å². The fraction of sp³-hybridized carbons (Fsp3) is 0.109. The van der Waals surface area contributed by atoms with Gasteiger partial charge in [-0.2, -0.15) is 0 Å². The number of hydrogen-bond donors (Lipinski definition) is 0. The minimum atomic E-state index is -1.04. The van der Waals surface area contributed by atoms with Crippen LogP contribution < -0.4 is 14.4 Å². The molecule has 0 radical (unpaired) electrons. The molecule has 18 rings (SSSR count). The normalized spacial score (nSPS) is 17.9. The standard InChI is InChI=1S/C101H73F6NO2/c1-7-62-17-37-80(38-18-62)109-82-41-27-69(28-42-82)100(67-23-31-71(102)32-24-67)89-15-11-9-13-84(89)86-45-22-65(53-93(86)100)88(66-51-73(104)54-74(105)52-66)49-64-21-47-91-95(50-64)99(60-97(91,3)4)61-98(5,6)92-48-36-78(59-96(92)99)108(79-56-75(106)55-76(107)57-79)77-35-46-87-85-14-10-12-16-90(85)101(94(87)58-77,68-25-33-72(103)34-26-68)70-29-43-83(44-30-70)110-81-39-19-63(8-2)20-40-81/h7-59H,1-2,60-61H2,3-6H3/b88-49+. The van der Waals surface area contributed by atoms with Crippen LogP contribution in [0.1, 0.15) is 135 Å². The van der Waals surface area contributed by atoms with E-state index in [1.807, 2.05) is 144 Å². The molecule has 0 aromatic heterocycles. The Morgan fingerprint density at radius 1 is 0.309 bits per heavy atom. The van der Waals surface area contributed by atoms with Crippen molar-refractivity contribution in [2.75, 3.05) is 4.90 Å². The molecule has 4 aliphatic carbocycles. The molecule has 14 aromatic carbocycles. The molecule has 3 nitrogen and oxygen atoms in total. The second kappa shape index (κ2) is 26.3. The fourth-order valence-corrected chi connectivity index (χ4v) is 18.9. The molecule has 0 fully saturated rings. The van der Waals surface area contributed by atoms with E-state index in [0.717, 1.165) is 118 Å². The van der Waals surface area contributed by atoms with E-state index in [-0.39, 0.29) is 28.2 Å². The summed E-state index contributed by atoms with van der Waals surface area (Å²) in [5.41, 5.74) is 17.9. The first-order valence-electron chi connectivity index (χ1n) is 37.0. The first-order chi connectivity index (χ1) is 53.2. The number of rotatable bonds is 16. The zero-order valence-electron chi connectivity index (χ0n) is 61.0. The molecule has 0 N–H and O–H groups in total. The molecular weight excluding hydrogens is 1370 g/mol. The van der Waals surface area contributed by atoms with Crippen LogP contribution in [0, 0.1) is 34.9 Å². The predicted octanol–water partition coefficient (Wildman–Crippen LogP) is 26.8. The minimum Gasteiger partial charge on any atom is -0.457 e. The van der Waals surface area contributed by atoms with Crippen molar-refractivity contribution in [2.24, 2.45) is 0 Å². The third kappa shape index (κ3) is 11.3. The summed E-state index contributed by atoms with van der Waals surface area (Å²) in [6, 6.07) is 93.9. The Morgan fingerprint density at radius 2 is 0.682 bits per heavy atom. The topological polar surface area (TPSA) is 21.7 Å². The van der Waals surface area contributed by atoms with Gasteiger partial charge in [-0.15, -0.1) is 0 Å². The molecule has 0 heterocycles. The predicted molar refractivity (Wildman–Crippen MR) is 431 cm³/mol. The van der Waals surface area contributed by atoms with Gasteiger partial charge in [0.05, 0.1) is 16.5 Å². The largest absolute Gasteiger partial charge is 0.457 e. The van der Waals surface area contributed by atoms with Gasteiger partial charge in [-0.1, -0.05) is 217 Å². The zero-order valence-corrected chi connectivity index (χ0v) is 61.0. The molecule has 536 valence electrons. The van der Waals surface area contributed by atoms with Gasteiger partial charge in [0.1, 0.15) is 57.9 Å². The van der Waals surface area contributed by atoms with Gasteiger partial charge in [0.2, 0.25) is 0 Å². The number of hydrogen-bond acceptors (Lipinski definition) is 3. The van der Waals surface area contributed by atoms with E-state index in [1.165, 1.54) is 48.5 Å². The van der Waals surface area contributed by atoms with Crippen LogP contribution >= 0.6 is 0 Å². The first-order valence-corrected chi connectivity index (χ1v) is 37.0. The highest BCUT2D eigenvalue weighted by Gasteiger charge is 2.57. The highest BCUT2D eigenvalue weighted by Crippen LogP contribution is 2.65. The highest BCUT2D eigenvalue weighted by atomic mass is 19.2. The van der Waals surface area contributed by atoms with E-state index in [0.29, 0.717) is 63.9 Å². The Labute approximate surface area is 636 Å². The van der Waals surface area contributed by atoms with E-state index in [4.69, 9.17) is 9.47 Å². The Bertz CT molecular complexity index is 6040. The molecule has 110 heavy (non-hydrogen) atoms. The van der Waals surface area contributed by atoms with Gasteiger partial charge in [-0.3, -0.25) is 0 Å². The number of nitrogens with zero attached hydrogens (tertiary/aromatic N) is 1. The Balaban J connectivity index is 0.786. The van der Waals surface area contributed by atoms with Gasteiger partial charge in [0.25, 0.3) is 0 Å². The zero-order chi connectivity index (χ0) is 75.6. The monoisotopic (exact) mass is 1450 g/mol. The lowest BCUT2D eigenvalue weighted by molar-refractivity contribution is 0.349. The molecule has 0 bridgehead atoms. The molecule has 4 aliphatic rings. The number of fused-ring (bicyclic) bond motifs is 10. The van der Waals surface area contributed by atoms with Crippen molar-refractivity contribution in [3.05, 3.63) is 446 Å². The molecule has 0 aliphatic heterocycles. The summed E-state index contributed by atoms with van der Waals surface area (Å²) in [6.45, 7) is 16.9. The van der Waals surface area contributed by atoms with Gasteiger partial charge < -0.3 is 14.4 Å². The molecule has 14 aromatic rings. The molecular formula is C101H73F6NO2. The van der Waals surface area contributed by atoms with Crippen LogP contribution in [0.4, 0.5) is 43.4 Å².